The second-order valence-corrected chi connectivity index (χ2v) is 5.41. The van der Waals surface area contributed by atoms with E-state index in [1.165, 1.54) is 16.7 Å². The lowest BCUT2D eigenvalue weighted by Crippen LogP contribution is -1.98. The zero-order valence-electron chi connectivity index (χ0n) is 12.7. The molecule has 0 amide bonds. The molecule has 0 bridgehead atoms. The van der Waals surface area contributed by atoms with Gasteiger partial charge in [-0.2, -0.15) is 0 Å². The Bertz CT molecular complexity index is 688. The average Bonchev–Trinajstić information content (AvgIpc) is 2.59. The monoisotopic (exact) mass is 285 g/mol. The van der Waals surface area contributed by atoms with Crippen molar-refractivity contribution in [2.24, 2.45) is 4.99 Å². The minimum Gasteiger partial charge on any atom is -0.280 e. The zero-order valence-corrected chi connectivity index (χ0v) is 12.7. The van der Waals surface area contributed by atoms with Crippen LogP contribution in [0.3, 0.4) is 0 Å². The predicted octanol–water partition coefficient (Wildman–Crippen LogP) is 5.20. The van der Waals surface area contributed by atoms with E-state index in [-0.39, 0.29) is 6.04 Å². The van der Waals surface area contributed by atoms with E-state index in [0.717, 1.165) is 5.56 Å². The summed E-state index contributed by atoms with van der Waals surface area (Å²) in [6.07, 6.45) is 1.96. The van der Waals surface area contributed by atoms with Gasteiger partial charge < -0.3 is 0 Å². The topological polar surface area (TPSA) is 12.4 Å². The quantitative estimate of drug-likeness (QED) is 0.584. The SMILES string of the molecule is Cc1ccc(/C=N/C(c2ccccc2)c2ccccc2)cc1. The third-order valence-electron chi connectivity index (χ3n) is 3.68. The van der Waals surface area contributed by atoms with Crippen molar-refractivity contribution >= 4 is 6.21 Å². The minimum atomic E-state index is 0.0312. The molecule has 0 atom stereocenters. The van der Waals surface area contributed by atoms with Gasteiger partial charge in [0.05, 0.1) is 6.04 Å². The molecule has 0 unspecified atom stereocenters. The van der Waals surface area contributed by atoms with Crippen molar-refractivity contribution in [3.8, 4) is 0 Å². The van der Waals surface area contributed by atoms with Crippen molar-refractivity contribution in [2.45, 2.75) is 13.0 Å². The summed E-state index contributed by atoms with van der Waals surface area (Å²) in [4.78, 5) is 4.84. The van der Waals surface area contributed by atoms with Gasteiger partial charge in [0.25, 0.3) is 0 Å². The first-order chi connectivity index (χ1) is 10.8. The summed E-state index contributed by atoms with van der Waals surface area (Å²) in [6, 6.07) is 29.3. The standard InChI is InChI=1S/C21H19N/c1-17-12-14-18(15-13-17)16-22-21(19-8-4-2-5-9-19)20-10-6-3-7-11-20/h2-16,21H,1H3/b22-16+. The minimum absolute atomic E-state index is 0.0312. The summed E-state index contributed by atoms with van der Waals surface area (Å²) in [5.74, 6) is 0. The van der Waals surface area contributed by atoms with E-state index in [0.29, 0.717) is 0 Å². The maximum atomic E-state index is 4.84. The maximum Gasteiger partial charge on any atom is 0.0999 e. The van der Waals surface area contributed by atoms with Crippen molar-refractivity contribution in [3.63, 3.8) is 0 Å². The van der Waals surface area contributed by atoms with Gasteiger partial charge in [0, 0.05) is 6.21 Å². The molecule has 1 nitrogen and oxygen atoms in total. The van der Waals surface area contributed by atoms with Crippen molar-refractivity contribution < 1.29 is 0 Å². The number of hydrogen-bond acceptors (Lipinski definition) is 1. The van der Waals surface area contributed by atoms with Crippen LogP contribution in [0.25, 0.3) is 0 Å². The molecule has 0 N–H and O–H groups in total. The van der Waals surface area contributed by atoms with Gasteiger partial charge in [0.1, 0.15) is 0 Å². The van der Waals surface area contributed by atoms with Crippen LogP contribution in [0.15, 0.2) is 89.9 Å². The number of aryl methyl sites for hydroxylation is 1. The van der Waals surface area contributed by atoms with Crippen LogP contribution >= 0.6 is 0 Å². The zero-order chi connectivity index (χ0) is 15.2. The molecule has 3 rings (SSSR count). The van der Waals surface area contributed by atoms with Crippen molar-refractivity contribution in [3.05, 3.63) is 107 Å². The van der Waals surface area contributed by atoms with E-state index >= 15 is 0 Å². The second kappa shape index (κ2) is 6.86. The maximum absolute atomic E-state index is 4.84. The van der Waals surface area contributed by atoms with Crippen LogP contribution in [0.2, 0.25) is 0 Å². The van der Waals surface area contributed by atoms with E-state index in [2.05, 4.69) is 79.7 Å². The van der Waals surface area contributed by atoms with Crippen LogP contribution in [0.5, 0.6) is 0 Å². The lowest BCUT2D eigenvalue weighted by Gasteiger charge is -2.13. The lowest BCUT2D eigenvalue weighted by molar-refractivity contribution is 0.878. The largest absolute Gasteiger partial charge is 0.280 e. The molecular formula is C21H19N. The molecule has 0 aliphatic rings. The Morgan fingerprint density at radius 1 is 0.682 bits per heavy atom. The fourth-order valence-electron chi connectivity index (χ4n) is 2.45. The molecule has 0 fully saturated rings. The molecule has 0 spiro atoms. The molecule has 1 heteroatoms. The second-order valence-electron chi connectivity index (χ2n) is 5.41. The normalized spacial score (nSPS) is 11.2. The molecule has 0 radical (unpaired) electrons. The molecule has 0 aliphatic carbocycles. The molecular weight excluding hydrogens is 266 g/mol. The van der Waals surface area contributed by atoms with Gasteiger partial charge in [-0.1, -0.05) is 90.5 Å². The average molecular weight is 285 g/mol. The van der Waals surface area contributed by atoms with Gasteiger partial charge in [0.15, 0.2) is 0 Å². The number of aliphatic imine (C=N–C) groups is 1. The Labute approximate surface area is 132 Å². The van der Waals surface area contributed by atoms with Crippen LogP contribution in [0.1, 0.15) is 28.3 Å². The summed E-state index contributed by atoms with van der Waals surface area (Å²) in [6.45, 7) is 2.09. The first-order valence-electron chi connectivity index (χ1n) is 7.53. The number of nitrogens with zero attached hydrogens (tertiary/aromatic N) is 1. The number of hydrogen-bond donors (Lipinski definition) is 0. The van der Waals surface area contributed by atoms with Crippen molar-refractivity contribution in [1.82, 2.24) is 0 Å². The Kier molecular flexibility index (Phi) is 4.45. The fourth-order valence-corrected chi connectivity index (χ4v) is 2.45. The first-order valence-corrected chi connectivity index (χ1v) is 7.53. The van der Waals surface area contributed by atoms with Gasteiger partial charge in [-0.05, 0) is 23.6 Å². The fraction of sp³-hybridized carbons (Fsp3) is 0.0952. The number of benzene rings is 3. The van der Waals surface area contributed by atoms with E-state index < -0.39 is 0 Å². The summed E-state index contributed by atoms with van der Waals surface area (Å²) >= 11 is 0. The molecule has 0 heterocycles. The third-order valence-corrected chi connectivity index (χ3v) is 3.68. The highest BCUT2D eigenvalue weighted by Gasteiger charge is 2.11. The molecule has 0 aliphatic heterocycles. The molecule has 22 heavy (non-hydrogen) atoms. The number of rotatable bonds is 4. The highest BCUT2D eigenvalue weighted by Crippen LogP contribution is 2.25. The molecule has 3 aromatic carbocycles. The van der Waals surface area contributed by atoms with Crippen LogP contribution < -0.4 is 0 Å². The molecule has 3 aromatic rings. The Hall–Kier alpha value is -2.67. The van der Waals surface area contributed by atoms with E-state index in [9.17, 15) is 0 Å². The first kappa shape index (κ1) is 14.3. The Balaban J connectivity index is 1.94. The summed E-state index contributed by atoms with van der Waals surface area (Å²) in [5, 5.41) is 0. The molecule has 0 saturated heterocycles. The highest BCUT2D eigenvalue weighted by molar-refractivity contribution is 5.80. The van der Waals surface area contributed by atoms with Crippen molar-refractivity contribution in [1.29, 1.82) is 0 Å². The molecule has 0 saturated carbocycles. The summed E-state index contributed by atoms with van der Waals surface area (Å²) in [7, 11) is 0. The summed E-state index contributed by atoms with van der Waals surface area (Å²) in [5.41, 5.74) is 4.80. The van der Waals surface area contributed by atoms with Crippen LogP contribution in [0, 0.1) is 6.92 Å². The molecule has 0 aromatic heterocycles. The Morgan fingerprint density at radius 2 is 1.18 bits per heavy atom. The van der Waals surface area contributed by atoms with Gasteiger partial charge in [-0.15, -0.1) is 0 Å². The lowest BCUT2D eigenvalue weighted by atomic mass is 9.99. The van der Waals surface area contributed by atoms with Crippen LogP contribution in [0.4, 0.5) is 0 Å². The Morgan fingerprint density at radius 3 is 1.68 bits per heavy atom. The smallest absolute Gasteiger partial charge is 0.0999 e. The third kappa shape index (κ3) is 3.50. The van der Waals surface area contributed by atoms with Crippen LogP contribution in [-0.2, 0) is 0 Å². The van der Waals surface area contributed by atoms with Crippen LogP contribution in [-0.4, -0.2) is 6.21 Å². The van der Waals surface area contributed by atoms with Gasteiger partial charge in [-0.3, -0.25) is 4.99 Å². The van der Waals surface area contributed by atoms with E-state index in [4.69, 9.17) is 4.99 Å². The van der Waals surface area contributed by atoms with Gasteiger partial charge in [0.2, 0.25) is 0 Å². The molecule has 108 valence electrons. The van der Waals surface area contributed by atoms with E-state index in [1.807, 2.05) is 18.3 Å². The van der Waals surface area contributed by atoms with Gasteiger partial charge >= 0.3 is 0 Å². The van der Waals surface area contributed by atoms with Gasteiger partial charge in [-0.25, -0.2) is 0 Å². The van der Waals surface area contributed by atoms with E-state index in [1.54, 1.807) is 0 Å². The predicted molar refractivity (Wildman–Crippen MR) is 93.5 cm³/mol. The summed E-state index contributed by atoms with van der Waals surface area (Å²) < 4.78 is 0. The van der Waals surface area contributed by atoms with Crippen molar-refractivity contribution in [2.75, 3.05) is 0 Å². The highest BCUT2D eigenvalue weighted by atomic mass is 14.8.